The second-order valence-electron chi connectivity index (χ2n) is 4.25. The molecule has 1 heterocycles. The molecular weight excluding hydrogens is 222 g/mol. The standard InChI is InChI=1S/C12H19NO2S/c1-9(2)11(14)7-13-12(15)4-3-10-5-6-16-8-10/h5-6,8-9,11,14H,3-4,7H2,1-2H3,(H,13,15). The molecule has 0 saturated carbocycles. The molecule has 16 heavy (non-hydrogen) atoms. The van der Waals surface area contributed by atoms with E-state index in [-0.39, 0.29) is 11.8 Å². The van der Waals surface area contributed by atoms with E-state index in [0.717, 1.165) is 6.42 Å². The van der Waals surface area contributed by atoms with Crippen LogP contribution in [-0.2, 0) is 11.2 Å². The van der Waals surface area contributed by atoms with Gasteiger partial charge in [-0.05, 0) is 34.7 Å². The van der Waals surface area contributed by atoms with Gasteiger partial charge in [-0.15, -0.1) is 0 Å². The molecule has 1 amide bonds. The van der Waals surface area contributed by atoms with Crippen LogP contribution in [0.4, 0.5) is 0 Å². The number of thiophene rings is 1. The van der Waals surface area contributed by atoms with Crippen molar-refractivity contribution in [3.8, 4) is 0 Å². The zero-order chi connectivity index (χ0) is 12.0. The smallest absolute Gasteiger partial charge is 0.220 e. The van der Waals surface area contributed by atoms with E-state index in [1.165, 1.54) is 5.56 Å². The van der Waals surface area contributed by atoms with Gasteiger partial charge in [0.05, 0.1) is 6.10 Å². The van der Waals surface area contributed by atoms with Crippen LogP contribution in [0.15, 0.2) is 16.8 Å². The zero-order valence-corrected chi connectivity index (χ0v) is 10.6. The SMILES string of the molecule is CC(C)C(O)CNC(=O)CCc1ccsc1. The average molecular weight is 241 g/mol. The minimum absolute atomic E-state index is 0.00546. The van der Waals surface area contributed by atoms with Crippen LogP contribution in [-0.4, -0.2) is 23.7 Å². The normalized spacial score (nSPS) is 12.8. The first-order valence-corrected chi connectivity index (χ1v) is 6.49. The number of hydrogen-bond acceptors (Lipinski definition) is 3. The van der Waals surface area contributed by atoms with Crippen LogP contribution < -0.4 is 5.32 Å². The Kier molecular flexibility index (Phi) is 5.49. The third-order valence-corrected chi connectivity index (χ3v) is 3.23. The number of aliphatic hydroxyl groups is 1. The summed E-state index contributed by atoms with van der Waals surface area (Å²) in [6, 6.07) is 2.03. The average Bonchev–Trinajstić information content (AvgIpc) is 2.75. The van der Waals surface area contributed by atoms with Gasteiger partial charge in [-0.3, -0.25) is 4.79 Å². The molecule has 0 fully saturated rings. The van der Waals surface area contributed by atoms with Crippen molar-refractivity contribution in [2.75, 3.05) is 6.54 Å². The van der Waals surface area contributed by atoms with Gasteiger partial charge in [-0.2, -0.15) is 11.3 Å². The van der Waals surface area contributed by atoms with Crippen molar-refractivity contribution in [1.82, 2.24) is 5.32 Å². The first kappa shape index (κ1) is 13.2. The Morgan fingerprint density at radius 1 is 1.56 bits per heavy atom. The van der Waals surface area contributed by atoms with E-state index in [9.17, 15) is 9.90 Å². The van der Waals surface area contributed by atoms with E-state index in [0.29, 0.717) is 13.0 Å². The van der Waals surface area contributed by atoms with Gasteiger partial charge >= 0.3 is 0 Å². The highest BCUT2D eigenvalue weighted by atomic mass is 32.1. The third-order valence-electron chi connectivity index (χ3n) is 2.50. The van der Waals surface area contributed by atoms with Gasteiger partial charge in [0, 0.05) is 13.0 Å². The number of carbonyl (C=O) groups excluding carboxylic acids is 1. The summed E-state index contributed by atoms with van der Waals surface area (Å²) in [5.74, 6) is 0.183. The van der Waals surface area contributed by atoms with E-state index in [1.54, 1.807) is 11.3 Å². The molecule has 0 saturated heterocycles. The third kappa shape index (κ3) is 4.77. The fourth-order valence-electron chi connectivity index (χ4n) is 1.24. The second-order valence-corrected chi connectivity index (χ2v) is 5.03. The van der Waals surface area contributed by atoms with Gasteiger partial charge in [0.15, 0.2) is 0 Å². The maximum Gasteiger partial charge on any atom is 0.220 e. The van der Waals surface area contributed by atoms with Gasteiger partial charge in [-0.25, -0.2) is 0 Å². The summed E-state index contributed by atoms with van der Waals surface area (Å²) in [4.78, 5) is 11.4. The fraction of sp³-hybridized carbons (Fsp3) is 0.583. The summed E-state index contributed by atoms with van der Waals surface area (Å²) >= 11 is 1.64. The number of amides is 1. The predicted octanol–water partition coefficient (Wildman–Crippen LogP) is 1.81. The molecule has 1 rings (SSSR count). The van der Waals surface area contributed by atoms with Gasteiger partial charge in [-0.1, -0.05) is 13.8 Å². The molecule has 0 aliphatic heterocycles. The molecule has 1 aromatic heterocycles. The lowest BCUT2D eigenvalue weighted by atomic mass is 10.1. The summed E-state index contributed by atoms with van der Waals surface area (Å²) in [5, 5.41) is 16.3. The number of aliphatic hydroxyl groups excluding tert-OH is 1. The van der Waals surface area contributed by atoms with Crippen LogP contribution >= 0.6 is 11.3 Å². The van der Waals surface area contributed by atoms with Crippen molar-refractivity contribution >= 4 is 17.2 Å². The van der Waals surface area contributed by atoms with Crippen molar-refractivity contribution < 1.29 is 9.90 Å². The second kappa shape index (κ2) is 6.66. The maximum absolute atomic E-state index is 11.4. The first-order chi connectivity index (χ1) is 7.59. The topological polar surface area (TPSA) is 49.3 Å². The largest absolute Gasteiger partial charge is 0.391 e. The van der Waals surface area contributed by atoms with Crippen LogP contribution in [0.5, 0.6) is 0 Å². The molecule has 0 spiro atoms. The zero-order valence-electron chi connectivity index (χ0n) is 9.77. The number of hydrogen-bond donors (Lipinski definition) is 2. The summed E-state index contributed by atoms with van der Waals surface area (Å²) in [7, 11) is 0. The molecule has 0 aliphatic rings. The molecule has 90 valence electrons. The molecule has 1 aromatic rings. The van der Waals surface area contributed by atoms with Crippen LogP contribution in [0.1, 0.15) is 25.8 Å². The van der Waals surface area contributed by atoms with E-state index < -0.39 is 6.10 Å². The van der Waals surface area contributed by atoms with Crippen LogP contribution in [0.2, 0.25) is 0 Å². The molecule has 3 nitrogen and oxygen atoms in total. The molecule has 0 aromatic carbocycles. The molecular formula is C12H19NO2S. The summed E-state index contributed by atoms with van der Waals surface area (Å²) in [6.45, 7) is 4.21. The summed E-state index contributed by atoms with van der Waals surface area (Å²) < 4.78 is 0. The number of carbonyl (C=O) groups is 1. The Hall–Kier alpha value is -0.870. The van der Waals surface area contributed by atoms with Crippen molar-refractivity contribution in [2.24, 2.45) is 5.92 Å². The maximum atomic E-state index is 11.4. The molecule has 1 atom stereocenters. The fourth-order valence-corrected chi connectivity index (χ4v) is 1.94. The van der Waals surface area contributed by atoms with Crippen LogP contribution in [0, 0.1) is 5.92 Å². The molecule has 0 bridgehead atoms. The monoisotopic (exact) mass is 241 g/mol. The van der Waals surface area contributed by atoms with Gasteiger partial charge < -0.3 is 10.4 Å². The highest BCUT2D eigenvalue weighted by molar-refractivity contribution is 7.07. The van der Waals surface area contributed by atoms with E-state index in [2.05, 4.69) is 10.7 Å². The minimum atomic E-state index is -0.454. The van der Waals surface area contributed by atoms with Crippen molar-refractivity contribution in [2.45, 2.75) is 32.8 Å². The Balaban J connectivity index is 2.16. The molecule has 4 heteroatoms. The lowest BCUT2D eigenvalue weighted by molar-refractivity contribution is -0.121. The highest BCUT2D eigenvalue weighted by Gasteiger charge is 2.10. The minimum Gasteiger partial charge on any atom is -0.391 e. The lowest BCUT2D eigenvalue weighted by Crippen LogP contribution is -2.34. The van der Waals surface area contributed by atoms with Crippen LogP contribution in [0.3, 0.4) is 0 Å². The van der Waals surface area contributed by atoms with E-state index >= 15 is 0 Å². The summed E-state index contributed by atoms with van der Waals surface area (Å²) in [5.41, 5.74) is 1.20. The molecule has 0 radical (unpaired) electrons. The van der Waals surface area contributed by atoms with Gasteiger partial charge in [0.25, 0.3) is 0 Å². The first-order valence-electron chi connectivity index (χ1n) is 5.55. The predicted molar refractivity (Wildman–Crippen MR) is 66.5 cm³/mol. The Bertz CT molecular complexity index is 309. The Morgan fingerprint density at radius 3 is 2.88 bits per heavy atom. The Labute approximate surface area is 100 Å². The highest BCUT2D eigenvalue weighted by Crippen LogP contribution is 2.08. The molecule has 2 N–H and O–H groups in total. The van der Waals surface area contributed by atoms with Crippen molar-refractivity contribution in [3.63, 3.8) is 0 Å². The molecule has 1 unspecified atom stereocenters. The van der Waals surface area contributed by atoms with Gasteiger partial charge in [0.1, 0.15) is 0 Å². The number of aryl methyl sites for hydroxylation is 1. The van der Waals surface area contributed by atoms with E-state index in [1.807, 2.05) is 25.3 Å². The summed E-state index contributed by atoms with van der Waals surface area (Å²) in [6.07, 6.45) is 0.805. The van der Waals surface area contributed by atoms with Crippen molar-refractivity contribution in [3.05, 3.63) is 22.4 Å². The lowest BCUT2D eigenvalue weighted by Gasteiger charge is -2.14. The number of rotatable bonds is 6. The van der Waals surface area contributed by atoms with Crippen molar-refractivity contribution in [1.29, 1.82) is 0 Å². The Morgan fingerprint density at radius 2 is 2.31 bits per heavy atom. The van der Waals surface area contributed by atoms with Gasteiger partial charge in [0.2, 0.25) is 5.91 Å². The number of nitrogens with one attached hydrogen (secondary N) is 1. The quantitative estimate of drug-likeness (QED) is 0.798. The van der Waals surface area contributed by atoms with E-state index in [4.69, 9.17) is 0 Å². The van der Waals surface area contributed by atoms with Crippen LogP contribution in [0.25, 0.3) is 0 Å². The molecule has 0 aliphatic carbocycles.